The van der Waals surface area contributed by atoms with Crippen molar-refractivity contribution in [2.75, 3.05) is 50.9 Å². The average molecular weight is 465 g/mol. The van der Waals surface area contributed by atoms with E-state index < -0.39 is 0 Å². The van der Waals surface area contributed by atoms with E-state index in [0.29, 0.717) is 56.8 Å². The Hall–Kier alpha value is -1.20. The molecule has 1 aromatic rings. The van der Waals surface area contributed by atoms with Crippen molar-refractivity contribution in [2.24, 2.45) is 10.7 Å². The summed E-state index contributed by atoms with van der Waals surface area (Å²) in [5.74, 6) is 0.506. The van der Waals surface area contributed by atoms with Crippen molar-refractivity contribution >= 4 is 35.8 Å². The second-order valence-electron chi connectivity index (χ2n) is 6.05. The van der Waals surface area contributed by atoms with Gasteiger partial charge in [0.25, 0.3) is 0 Å². The Balaban J connectivity index is 0.00000225. The number of hydrogen-bond acceptors (Lipinski definition) is 5. The predicted octanol–water partition coefficient (Wildman–Crippen LogP) is 1.21. The van der Waals surface area contributed by atoms with Crippen molar-refractivity contribution in [3.63, 3.8) is 0 Å². The molecular formula is C16H25FIN5O2. The van der Waals surface area contributed by atoms with Crippen LogP contribution < -0.4 is 10.6 Å². The van der Waals surface area contributed by atoms with Gasteiger partial charge in [0.2, 0.25) is 0 Å². The van der Waals surface area contributed by atoms with E-state index in [0.717, 1.165) is 13.1 Å². The zero-order chi connectivity index (χ0) is 16.9. The van der Waals surface area contributed by atoms with Crippen molar-refractivity contribution < 1.29 is 13.9 Å². The minimum absolute atomic E-state index is 0. The molecule has 2 aliphatic heterocycles. The molecule has 0 spiro atoms. The molecule has 0 aromatic carbocycles. The molecule has 2 saturated heterocycles. The highest BCUT2D eigenvalue weighted by molar-refractivity contribution is 14.0. The number of aromatic nitrogens is 1. The number of rotatable bonds is 3. The van der Waals surface area contributed by atoms with Gasteiger partial charge in [-0.15, -0.1) is 24.0 Å². The first-order chi connectivity index (χ1) is 11.6. The van der Waals surface area contributed by atoms with Crippen molar-refractivity contribution in [1.29, 1.82) is 0 Å². The van der Waals surface area contributed by atoms with Crippen LogP contribution >= 0.6 is 24.0 Å². The van der Waals surface area contributed by atoms with Gasteiger partial charge in [0, 0.05) is 32.4 Å². The number of halogens is 2. The van der Waals surface area contributed by atoms with E-state index in [1.807, 2.05) is 16.7 Å². The van der Waals surface area contributed by atoms with Crippen LogP contribution in [-0.4, -0.2) is 67.9 Å². The van der Waals surface area contributed by atoms with Crippen LogP contribution in [0.25, 0.3) is 0 Å². The van der Waals surface area contributed by atoms with Crippen LogP contribution in [-0.2, 0) is 16.0 Å². The fourth-order valence-corrected chi connectivity index (χ4v) is 2.86. The molecule has 7 nitrogen and oxygen atoms in total. The Morgan fingerprint density at radius 3 is 2.80 bits per heavy atom. The normalized spacial score (nSPS) is 21.8. The van der Waals surface area contributed by atoms with Gasteiger partial charge in [0.05, 0.1) is 32.5 Å². The average Bonchev–Trinajstić information content (AvgIpc) is 2.60. The van der Waals surface area contributed by atoms with Crippen molar-refractivity contribution in [3.8, 4) is 0 Å². The van der Waals surface area contributed by atoms with Gasteiger partial charge in [-0.1, -0.05) is 0 Å². The molecule has 2 N–H and O–H groups in total. The SMILES string of the molecule is CC1CN(C(N)=NCc2cnc(N3CCOCC3)c(F)c2)CCO1.I. The number of hydrogen-bond donors (Lipinski definition) is 1. The standard InChI is InChI=1S/C16H24FN5O2.HI/c1-12-11-22(4-7-24-12)16(18)20-10-13-8-14(17)15(19-9-13)21-2-5-23-6-3-21;/h8-9,12H,2-7,10-11H2,1H3,(H2,18,20);1H. The van der Waals surface area contributed by atoms with Gasteiger partial charge >= 0.3 is 0 Å². The van der Waals surface area contributed by atoms with Gasteiger partial charge < -0.3 is 25.0 Å². The molecule has 2 aliphatic rings. The van der Waals surface area contributed by atoms with E-state index >= 15 is 0 Å². The number of nitrogens with zero attached hydrogens (tertiary/aromatic N) is 4. The maximum absolute atomic E-state index is 14.3. The third-order valence-electron chi connectivity index (χ3n) is 4.18. The summed E-state index contributed by atoms with van der Waals surface area (Å²) in [6, 6.07) is 1.48. The lowest BCUT2D eigenvalue weighted by atomic mass is 10.2. The fraction of sp³-hybridized carbons (Fsp3) is 0.625. The highest BCUT2D eigenvalue weighted by Crippen LogP contribution is 2.18. The molecule has 9 heteroatoms. The fourth-order valence-electron chi connectivity index (χ4n) is 2.86. The van der Waals surface area contributed by atoms with Crippen LogP contribution in [0.1, 0.15) is 12.5 Å². The van der Waals surface area contributed by atoms with Crippen molar-refractivity contribution in [2.45, 2.75) is 19.6 Å². The van der Waals surface area contributed by atoms with Crippen molar-refractivity contribution in [3.05, 3.63) is 23.6 Å². The highest BCUT2D eigenvalue weighted by atomic mass is 127. The van der Waals surface area contributed by atoms with Crippen LogP contribution in [0.4, 0.5) is 10.2 Å². The monoisotopic (exact) mass is 465 g/mol. The quantitative estimate of drug-likeness (QED) is 0.411. The number of morpholine rings is 2. The van der Waals surface area contributed by atoms with E-state index in [9.17, 15) is 4.39 Å². The van der Waals surface area contributed by atoms with Gasteiger partial charge in [-0.05, 0) is 18.6 Å². The van der Waals surface area contributed by atoms with E-state index in [1.54, 1.807) is 6.20 Å². The molecule has 0 bridgehead atoms. The molecule has 1 atom stereocenters. The Morgan fingerprint density at radius 2 is 2.12 bits per heavy atom. The molecule has 0 saturated carbocycles. The van der Waals surface area contributed by atoms with Crippen LogP contribution in [0.5, 0.6) is 0 Å². The Kier molecular flexibility index (Phi) is 7.63. The summed E-state index contributed by atoms with van der Waals surface area (Å²) in [6.45, 7) is 6.91. The van der Waals surface area contributed by atoms with Gasteiger partial charge in [-0.3, -0.25) is 0 Å². The summed E-state index contributed by atoms with van der Waals surface area (Å²) in [7, 11) is 0. The third-order valence-corrected chi connectivity index (χ3v) is 4.18. The number of anilines is 1. The molecule has 3 rings (SSSR count). The molecule has 0 radical (unpaired) electrons. The largest absolute Gasteiger partial charge is 0.378 e. The summed E-state index contributed by atoms with van der Waals surface area (Å²) in [4.78, 5) is 12.5. The number of ether oxygens (including phenoxy) is 2. The van der Waals surface area contributed by atoms with E-state index in [1.165, 1.54) is 6.07 Å². The molecule has 0 aliphatic carbocycles. The molecular weight excluding hydrogens is 440 g/mol. The molecule has 25 heavy (non-hydrogen) atoms. The highest BCUT2D eigenvalue weighted by Gasteiger charge is 2.19. The van der Waals surface area contributed by atoms with Gasteiger partial charge in [-0.2, -0.15) is 0 Å². The molecule has 1 unspecified atom stereocenters. The summed E-state index contributed by atoms with van der Waals surface area (Å²) in [5.41, 5.74) is 6.73. The zero-order valence-corrected chi connectivity index (χ0v) is 16.7. The molecule has 1 aromatic heterocycles. The van der Waals surface area contributed by atoms with Crippen LogP contribution in [0, 0.1) is 5.82 Å². The summed E-state index contributed by atoms with van der Waals surface area (Å²) >= 11 is 0. The lowest BCUT2D eigenvalue weighted by molar-refractivity contribution is 0.00529. The maximum atomic E-state index is 14.3. The zero-order valence-electron chi connectivity index (χ0n) is 14.4. The van der Waals surface area contributed by atoms with Gasteiger partial charge in [0.15, 0.2) is 17.6 Å². The number of pyridine rings is 1. The number of nitrogens with two attached hydrogens (primary N) is 1. The molecule has 3 heterocycles. The Labute approximate surface area is 164 Å². The second kappa shape index (κ2) is 9.48. The summed E-state index contributed by atoms with van der Waals surface area (Å²) < 4.78 is 25.1. The molecule has 2 fully saturated rings. The van der Waals surface area contributed by atoms with Gasteiger partial charge in [0.1, 0.15) is 0 Å². The summed E-state index contributed by atoms with van der Waals surface area (Å²) in [5, 5.41) is 0. The molecule has 140 valence electrons. The smallest absolute Gasteiger partial charge is 0.191 e. The van der Waals surface area contributed by atoms with E-state index in [2.05, 4.69) is 9.98 Å². The Morgan fingerprint density at radius 1 is 1.36 bits per heavy atom. The van der Waals surface area contributed by atoms with Crippen LogP contribution in [0.3, 0.4) is 0 Å². The lowest BCUT2D eigenvalue weighted by Gasteiger charge is -2.31. The maximum Gasteiger partial charge on any atom is 0.191 e. The minimum atomic E-state index is -0.330. The second-order valence-corrected chi connectivity index (χ2v) is 6.05. The third kappa shape index (κ3) is 5.38. The topological polar surface area (TPSA) is 76.2 Å². The number of aliphatic imine (C=N–C) groups is 1. The predicted molar refractivity (Wildman–Crippen MR) is 105 cm³/mol. The first kappa shape index (κ1) is 20.1. The minimum Gasteiger partial charge on any atom is -0.378 e. The van der Waals surface area contributed by atoms with Crippen LogP contribution in [0.15, 0.2) is 17.3 Å². The first-order valence-corrected chi connectivity index (χ1v) is 8.27. The van der Waals surface area contributed by atoms with E-state index in [-0.39, 0.29) is 35.9 Å². The van der Waals surface area contributed by atoms with E-state index in [4.69, 9.17) is 15.2 Å². The number of guanidine groups is 1. The molecule has 0 amide bonds. The van der Waals surface area contributed by atoms with Gasteiger partial charge in [-0.25, -0.2) is 14.4 Å². The lowest BCUT2D eigenvalue weighted by Crippen LogP contribution is -2.47. The summed E-state index contributed by atoms with van der Waals surface area (Å²) in [6.07, 6.45) is 1.80. The Bertz CT molecular complexity index is 598. The van der Waals surface area contributed by atoms with Crippen LogP contribution in [0.2, 0.25) is 0 Å². The van der Waals surface area contributed by atoms with Crippen molar-refractivity contribution in [1.82, 2.24) is 9.88 Å². The first-order valence-electron chi connectivity index (χ1n) is 8.27.